The fourth-order valence-corrected chi connectivity index (χ4v) is 2.78. The zero-order chi connectivity index (χ0) is 20.9. The Bertz CT molecular complexity index is 885. The van der Waals surface area contributed by atoms with E-state index >= 15 is 0 Å². The van der Waals surface area contributed by atoms with E-state index in [1.807, 2.05) is 0 Å². The second-order valence-electron chi connectivity index (χ2n) is 6.42. The maximum Gasteiger partial charge on any atom is 0.416 e. The minimum atomic E-state index is -4.39. The first kappa shape index (κ1) is 20.6. The van der Waals surface area contributed by atoms with E-state index in [2.05, 4.69) is 5.32 Å². The highest BCUT2D eigenvalue weighted by Crippen LogP contribution is 2.29. The number of benzene rings is 2. The van der Waals surface area contributed by atoms with Crippen molar-refractivity contribution in [1.29, 1.82) is 0 Å². The van der Waals surface area contributed by atoms with Gasteiger partial charge in [-0.15, -0.1) is 0 Å². The molecule has 1 aliphatic heterocycles. The van der Waals surface area contributed by atoms with E-state index in [1.54, 1.807) is 29.2 Å². The molecule has 1 saturated heterocycles. The highest BCUT2D eigenvalue weighted by Gasteiger charge is 2.29. The van der Waals surface area contributed by atoms with Crippen molar-refractivity contribution >= 4 is 23.6 Å². The summed E-state index contributed by atoms with van der Waals surface area (Å²) in [7, 11) is 0. The average Bonchev–Trinajstić information content (AvgIpc) is 2.72. The second kappa shape index (κ2) is 8.91. The normalized spacial score (nSPS) is 14.8. The summed E-state index contributed by atoms with van der Waals surface area (Å²) in [6.07, 6.45) is -1.74. The van der Waals surface area contributed by atoms with Crippen LogP contribution in [0.3, 0.4) is 0 Å². The highest BCUT2D eigenvalue weighted by molar-refractivity contribution is 6.02. The molecule has 0 saturated carbocycles. The van der Waals surface area contributed by atoms with Gasteiger partial charge in [0.25, 0.3) is 5.91 Å². The van der Waals surface area contributed by atoms with Crippen LogP contribution in [0.2, 0.25) is 0 Å². The Hall–Kier alpha value is -3.13. The molecule has 3 rings (SSSR count). The fourth-order valence-electron chi connectivity index (χ4n) is 2.78. The smallest absolute Gasteiger partial charge is 0.378 e. The molecule has 8 heteroatoms. The molecule has 2 aromatic carbocycles. The van der Waals surface area contributed by atoms with Gasteiger partial charge in [-0.25, -0.2) is 0 Å². The Labute approximate surface area is 165 Å². The first-order chi connectivity index (χ1) is 13.8. The number of carbonyl (C=O) groups excluding carboxylic acids is 2. The van der Waals surface area contributed by atoms with Gasteiger partial charge in [0, 0.05) is 30.4 Å². The molecular weight excluding hydrogens is 385 g/mol. The number of anilines is 1. The fraction of sp³-hybridized carbons (Fsp3) is 0.238. The SMILES string of the molecule is O=C(/C=C/c1ccc(C(F)(F)F)cc1)Nc1ccc(C(=O)N2CCOCC2)cc1. The van der Waals surface area contributed by atoms with Crippen LogP contribution in [0, 0.1) is 0 Å². The van der Waals surface area contributed by atoms with Crippen molar-refractivity contribution in [3.05, 3.63) is 71.3 Å². The van der Waals surface area contributed by atoms with Crippen LogP contribution in [-0.4, -0.2) is 43.0 Å². The lowest BCUT2D eigenvalue weighted by atomic mass is 10.1. The largest absolute Gasteiger partial charge is 0.416 e. The summed E-state index contributed by atoms with van der Waals surface area (Å²) >= 11 is 0. The Morgan fingerprint density at radius 3 is 2.17 bits per heavy atom. The Morgan fingerprint density at radius 1 is 0.966 bits per heavy atom. The lowest BCUT2D eigenvalue weighted by Gasteiger charge is -2.26. The Balaban J connectivity index is 1.56. The predicted molar refractivity (Wildman–Crippen MR) is 102 cm³/mol. The monoisotopic (exact) mass is 404 g/mol. The summed E-state index contributed by atoms with van der Waals surface area (Å²) in [5.41, 5.74) is 0.751. The molecule has 5 nitrogen and oxygen atoms in total. The van der Waals surface area contributed by atoms with E-state index in [0.717, 1.165) is 12.1 Å². The van der Waals surface area contributed by atoms with Gasteiger partial charge in [0.2, 0.25) is 5.91 Å². The molecule has 152 valence electrons. The first-order valence-corrected chi connectivity index (χ1v) is 8.96. The van der Waals surface area contributed by atoms with Crippen molar-refractivity contribution in [3.8, 4) is 0 Å². The number of rotatable bonds is 4. The molecule has 0 unspecified atom stereocenters. The van der Waals surface area contributed by atoms with Crippen molar-refractivity contribution in [2.75, 3.05) is 31.6 Å². The molecule has 0 spiro atoms. The van der Waals surface area contributed by atoms with Crippen molar-refractivity contribution in [3.63, 3.8) is 0 Å². The van der Waals surface area contributed by atoms with Crippen LogP contribution in [0.25, 0.3) is 6.08 Å². The molecule has 0 aromatic heterocycles. The summed E-state index contributed by atoms with van der Waals surface area (Å²) in [6.45, 7) is 2.13. The van der Waals surface area contributed by atoms with E-state index in [0.29, 0.717) is 43.1 Å². The maximum absolute atomic E-state index is 12.5. The van der Waals surface area contributed by atoms with E-state index in [-0.39, 0.29) is 5.91 Å². The third kappa shape index (κ3) is 5.68. The molecule has 1 aliphatic rings. The van der Waals surface area contributed by atoms with E-state index in [9.17, 15) is 22.8 Å². The number of hydrogen-bond acceptors (Lipinski definition) is 3. The Morgan fingerprint density at radius 2 is 1.59 bits per heavy atom. The molecule has 0 bridgehead atoms. The summed E-state index contributed by atoms with van der Waals surface area (Å²) in [5.74, 6) is -0.523. The molecule has 0 aliphatic carbocycles. The van der Waals surface area contributed by atoms with Gasteiger partial charge < -0.3 is 15.0 Å². The summed E-state index contributed by atoms with van der Waals surface area (Å²) < 4.78 is 42.9. The minimum Gasteiger partial charge on any atom is -0.378 e. The van der Waals surface area contributed by atoms with E-state index < -0.39 is 17.6 Å². The van der Waals surface area contributed by atoms with Crippen LogP contribution >= 0.6 is 0 Å². The molecule has 0 atom stereocenters. The lowest BCUT2D eigenvalue weighted by molar-refractivity contribution is -0.137. The van der Waals surface area contributed by atoms with Crippen LogP contribution in [0.5, 0.6) is 0 Å². The number of alkyl halides is 3. The van der Waals surface area contributed by atoms with Gasteiger partial charge in [-0.3, -0.25) is 9.59 Å². The van der Waals surface area contributed by atoms with Crippen LogP contribution in [0.15, 0.2) is 54.6 Å². The van der Waals surface area contributed by atoms with Crippen LogP contribution < -0.4 is 5.32 Å². The topological polar surface area (TPSA) is 58.6 Å². The quantitative estimate of drug-likeness (QED) is 0.788. The number of morpholine rings is 1. The van der Waals surface area contributed by atoms with Gasteiger partial charge in [0.15, 0.2) is 0 Å². The molecular formula is C21H19F3N2O3. The van der Waals surface area contributed by atoms with Gasteiger partial charge >= 0.3 is 6.18 Å². The minimum absolute atomic E-state index is 0.0895. The standard InChI is InChI=1S/C21H19F3N2O3/c22-21(23,24)17-6-1-15(2-7-17)3-10-19(27)25-18-8-4-16(5-9-18)20(28)26-11-13-29-14-12-26/h1-10H,11-14H2,(H,25,27)/b10-3+. The van der Waals surface area contributed by atoms with Crippen molar-refractivity contribution in [1.82, 2.24) is 4.90 Å². The van der Waals surface area contributed by atoms with Crippen LogP contribution in [-0.2, 0) is 15.7 Å². The van der Waals surface area contributed by atoms with Crippen molar-refractivity contribution in [2.45, 2.75) is 6.18 Å². The summed E-state index contributed by atoms with van der Waals surface area (Å²) in [6, 6.07) is 11.0. The zero-order valence-corrected chi connectivity index (χ0v) is 15.4. The number of nitrogens with zero attached hydrogens (tertiary/aromatic N) is 1. The van der Waals surface area contributed by atoms with Crippen LogP contribution in [0.1, 0.15) is 21.5 Å². The number of amides is 2. The second-order valence-corrected chi connectivity index (χ2v) is 6.42. The van der Waals surface area contributed by atoms with E-state index in [4.69, 9.17) is 4.74 Å². The van der Waals surface area contributed by atoms with Gasteiger partial charge in [-0.05, 0) is 48.0 Å². The Kier molecular flexibility index (Phi) is 6.33. The van der Waals surface area contributed by atoms with Crippen molar-refractivity contribution < 1.29 is 27.5 Å². The zero-order valence-electron chi connectivity index (χ0n) is 15.4. The summed E-state index contributed by atoms with van der Waals surface area (Å²) in [5, 5.41) is 2.64. The molecule has 1 N–H and O–H groups in total. The highest BCUT2D eigenvalue weighted by atomic mass is 19.4. The van der Waals surface area contributed by atoms with E-state index in [1.165, 1.54) is 24.3 Å². The summed E-state index contributed by atoms with van der Waals surface area (Å²) in [4.78, 5) is 26.1. The number of ether oxygens (including phenoxy) is 1. The number of hydrogen-bond donors (Lipinski definition) is 1. The molecule has 1 fully saturated rings. The molecule has 1 heterocycles. The molecule has 0 radical (unpaired) electrons. The van der Waals surface area contributed by atoms with Crippen molar-refractivity contribution in [2.24, 2.45) is 0 Å². The first-order valence-electron chi connectivity index (χ1n) is 8.96. The lowest BCUT2D eigenvalue weighted by Crippen LogP contribution is -2.40. The number of carbonyl (C=O) groups is 2. The molecule has 2 aromatic rings. The predicted octanol–water partition coefficient (Wildman–Crippen LogP) is 3.83. The number of halogens is 3. The van der Waals surface area contributed by atoms with Gasteiger partial charge in [0.1, 0.15) is 0 Å². The molecule has 2 amide bonds. The maximum atomic E-state index is 12.5. The third-order valence-corrected chi connectivity index (χ3v) is 4.36. The van der Waals surface area contributed by atoms with Crippen LogP contribution in [0.4, 0.5) is 18.9 Å². The van der Waals surface area contributed by atoms with Gasteiger partial charge in [0.05, 0.1) is 18.8 Å². The van der Waals surface area contributed by atoms with Gasteiger partial charge in [-0.1, -0.05) is 12.1 Å². The van der Waals surface area contributed by atoms with Gasteiger partial charge in [-0.2, -0.15) is 13.2 Å². The molecule has 29 heavy (non-hydrogen) atoms. The third-order valence-electron chi connectivity index (χ3n) is 4.36. The average molecular weight is 404 g/mol. The number of nitrogens with one attached hydrogen (secondary N) is 1.